The molecule has 0 aliphatic carbocycles. The topological polar surface area (TPSA) is 88.6 Å². The van der Waals surface area contributed by atoms with Crippen LogP contribution in [-0.4, -0.2) is 66.4 Å². The van der Waals surface area contributed by atoms with Crippen LogP contribution in [0.4, 0.5) is 5.82 Å². The lowest BCUT2D eigenvalue weighted by atomic mass is 9.98. The third-order valence-corrected chi connectivity index (χ3v) is 7.52. The third kappa shape index (κ3) is 2.91. The summed E-state index contributed by atoms with van der Waals surface area (Å²) in [6.45, 7) is 8.78. The molecule has 2 aromatic rings. The normalized spacial score (nSPS) is 28.9. The molecule has 2 N–H and O–H groups in total. The van der Waals surface area contributed by atoms with E-state index in [9.17, 15) is 4.79 Å². The van der Waals surface area contributed by atoms with Gasteiger partial charge in [-0.25, -0.2) is 9.97 Å². The molecule has 4 atom stereocenters. The van der Waals surface area contributed by atoms with E-state index in [4.69, 9.17) is 19.4 Å². The number of anilines is 1. The number of piperazine rings is 1. The Morgan fingerprint density at radius 2 is 1.97 bits per heavy atom. The molecule has 3 fully saturated rings. The fraction of sp³-hybridized carbons (Fsp3) is 0.609. The van der Waals surface area contributed by atoms with Crippen LogP contribution in [0, 0.1) is 20.8 Å². The summed E-state index contributed by atoms with van der Waals surface area (Å²) in [4.78, 5) is 25.5. The summed E-state index contributed by atoms with van der Waals surface area (Å²) in [5.74, 6) is 1.37. The number of rotatable bonds is 2. The molecule has 6 rings (SSSR count). The first kappa shape index (κ1) is 19.3. The SMILES string of the molecule is Cc1nc2c3c(nc(C(=O)N[C@H]4CCOC4)c(C)c3c1C)N1CC3CCC(N3)C1CO2. The Hall–Kier alpha value is -2.45. The van der Waals surface area contributed by atoms with Gasteiger partial charge in [-0.1, -0.05) is 0 Å². The number of fused-ring (bicyclic) bond motifs is 5. The van der Waals surface area contributed by atoms with Crippen LogP contribution in [0.15, 0.2) is 0 Å². The number of hydrogen-bond acceptors (Lipinski definition) is 7. The molecule has 6 heterocycles. The minimum Gasteiger partial charge on any atom is -0.475 e. The Balaban J connectivity index is 1.55. The zero-order chi connectivity index (χ0) is 21.3. The number of ether oxygens (including phenoxy) is 2. The van der Waals surface area contributed by atoms with Crippen molar-refractivity contribution >= 4 is 22.5 Å². The molecule has 2 aromatic heterocycles. The highest BCUT2D eigenvalue weighted by Crippen LogP contribution is 2.42. The Labute approximate surface area is 181 Å². The summed E-state index contributed by atoms with van der Waals surface area (Å²) < 4.78 is 11.7. The quantitative estimate of drug-likeness (QED) is 0.761. The van der Waals surface area contributed by atoms with Crippen LogP contribution in [-0.2, 0) is 4.74 Å². The molecule has 0 saturated carbocycles. The third-order valence-electron chi connectivity index (χ3n) is 7.52. The molecular formula is C23H29N5O3. The van der Waals surface area contributed by atoms with Gasteiger partial charge in [-0.3, -0.25) is 4.79 Å². The molecule has 31 heavy (non-hydrogen) atoms. The number of carbonyl (C=O) groups is 1. The fourth-order valence-electron chi connectivity index (χ4n) is 5.74. The largest absolute Gasteiger partial charge is 0.475 e. The van der Waals surface area contributed by atoms with Gasteiger partial charge in [-0.2, -0.15) is 0 Å². The minimum absolute atomic E-state index is 0.0467. The lowest BCUT2D eigenvalue weighted by Gasteiger charge is -2.40. The molecule has 164 valence electrons. The second-order valence-electron chi connectivity index (χ2n) is 9.40. The summed E-state index contributed by atoms with van der Waals surface area (Å²) in [7, 11) is 0. The molecule has 2 bridgehead atoms. The van der Waals surface area contributed by atoms with Gasteiger partial charge >= 0.3 is 0 Å². The van der Waals surface area contributed by atoms with Crippen molar-refractivity contribution < 1.29 is 14.3 Å². The van der Waals surface area contributed by atoms with Gasteiger partial charge in [0.1, 0.15) is 18.1 Å². The van der Waals surface area contributed by atoms with Crippen molar-refractivity contribution in [2.24, 2.45) is 0 Å². The maximum atomic E-state index is 13.3. The number of pyridine rings is 2. The Morgan fingerprint density at radius 3 is 2.77 bits per heavy atom. The van der Waals surface area contributed by atoms with Crippen LogP contribution in [0.5, 0.6) is 5.88 Å². The number of carbonyl (C=O) groups excluding carboxylic acids is 1. The van der Waals surface area contributed by atoms with E-state index >= 15 is 0 Å². The summed E-state index contributed by atoms with van der Waals surface area (Å²) in [5.41, 5.74) is 3.40. The predicted octanol–water partition coefficient (Wildman–Crippen LogP) is 1.78. The van der Waals surface area contributed by atoms with E-state index < -0.39 is 0 Å². The van der Waals surface area contributed by atoms with Crippen molar-refractivity contribution in [3.8, 4) is 5.88 Å². The van der Waals surface area contributed by atoms with E-state index in [-0.39, 0.29) is 18.0 Å². The van der Waals surface area contributed by atoms with Gasteiger partial charge in [0.05, 0.1) is 24.1 Å². The van der Waals surface area contributed by atoms with Gasteiger partial charge in [0.25, 0.3) is 5.91 Å². The molecule has 4 aliphatic heterocycles. The maximum Gasteiger partial charge on any atom is 0.270 e. The van der Waals surface area contributed by atoms with Crippen molar-refractivity contribution in [1.82, 2.24) is 20.6 Å². The number of aryl methyl sites for hydroxylation is 3. The van der Waals surface area contributed by atoms with Gasteiger partial charge in [0.15, 0.2) is 0 Å². The van der Waals surface area contributed by atoms with E-state index in [1.807, 2.05) is 13.8 Å². The highest BCUT2D eigenvalue weighted by molar-refractivity contribution is 6.06. The summed E-state index contributed by atoms with van der Waals surface area (Å²) in [6, 6.07) is 1.06. The van der Waals surface area contributed by atoms with Gasteiger partial charge < -0.3 is 25.0 Å². The molecule has 4 aliphatic rings. The van der Waals surface area contributed by atoms with Crippen molar-refractivity contribution in [2.45, 2.75) is 64.2 Å². The number of nitrogens with zero attached hydrogens (tertiary/aromatic N) is 3. The van der Waals surface area contributed by atoms with Crippen LogP contribution < -0.4 is 20.3 Å². The molecular weight excluding hydrogens is 394 g/mol. The number of aromatic nitrogens is 2. The fourth-order valence-corrected chi connectivity index (χ4v) is 5.74. The monoisotopic (exact) mass is 423 g/mol. The first-order chi connectivity index (χ1) is 15.0. The molecule has 0 radical (unpaired) electrons. The van der Waals surface area contributed by atoms with E-state index in [1.165, 1.54) is 6.42 Å². The minimum atomic E-state index is -0.124. The Bertz CT molecular complexity index is 1080. The van der Waals surface area contributed by atoms with Crippen LogP contribution in [0.25, 0.3) is 10.8 Å². The van der Waals surface area contributed by atoms with Crippen LogP contribution in [0.1, 0.15) is 46.6 Å². The Kier molecular flexibility index (Phi) is 4.37. The molecule has 0 aromatic carbocycles. The Morgan fingerprint density at radius 1 is 1.10 bits per heavy atom. The standard InChI is InChI=1S/C23H29N5O3/c1-11-13(3)24-23-19-18(11)12(2)20(22(29)26-15-6-7-30-9-15)27-21(19)28-8-14-4-5-16(25-14)17(28)10-31-23/h14-17,25H,4-10H2,1-3H3,(H,26,29)/t14?,15-,16?,17?/m0/s1. The first-order valence-electron chi connectivity index (χ1n) is 11.4. The molecule has 0 spiro atoms. The number of amides is 1. The second kappa shape index (κ2) is 7.03. The number of hydrogen-bond donors (Lipinski definition) is 2. The first-order valence-corrected chi connectivity index (χ1v) is 11.4. The zero-order valence-corrected chi connectivity index (χ0v) is 18.3. The van der Waals surface area contributed by atoms with Gasteiger partial charge in [-0.15, -0.1) is 0 Å². The van der Waals surface area contributed by atoms with E-state index in [0.29, 0.717) is 43.5 Å². The highest BCUT2D eigenvalue weighted by Gasteiger charge is 2.44. The van der Waals surface area contributed by atoms with E-state index in [1.54, 1.807) is 0 Å². The van der Waals surface area contributed by atoms with Crippen molar-refractivity contribution in [3.63, 3.8) is 0 Å². The van der Waals surface area contributed by atoms with Gasteiger partial charge in [0.2, 0.25) is 5.88 Å². The van der Waals surface area contributed by atoms with Crippen LogP contribution >= 0.6 is 0 Å². The molecule has 1 amide bonds. The molecule has 8 heteroatoms. The second-order valence-corrected chi connectivity index (χ2v) is 9.40. The van der Waals surface area contributed by atoms with Gasteiger partial charge in [0, 0.05) is 36.3 Å². The van der Waals surface area contributed by atoms with Crippen LogP contribution in [0.3, 0.4) is 0 Å². The highest BCUT2D eigenvalue weighted by atomic mass is 16.5. The smallest absolute Gasteiger partial charge is 0.270 e. The lowest BCUT2D eigenvalue weighted by molar-refractivity contribution is 0.0924. The zero-order valence-electron chi connectivity index (χ0n) is 18.3. The average Bonchev–Trinajstić information content (AvgIpc) is 3.37. The van der Waals surface area contributed by atoms with Gasteiger partial charge in [-0.05, 0) is 51.2 Å². The summed E-state index contributed by atoms with van der Waals surface area (Å²) >= 11 is 0. The molecule has 3 unspecified atom stereocenters. The van der Waals surface area contributed by atoms with Crippen LogP contribution in [0.2, 0.25) is 0 Å². The summed E-state index contributed by atoms with van der Waals surface area (Å²) in [5, 5.41) is 8.86. The van der Waals surface area contributed by atoms with Crippen molar-refractivity contribution in [2.75, 3.05) is 31.3 Å². The predicted molar refractivity (Wildman–Crippen MR) is 117 cm³/mol. The molecule has 3 saturated heterocycles. The van der Waals surface area contributed by atoms with Crippen molar-refractivity contribution in [1.29, 1.82) is 0 Å². The van der Waals surface area contributed by atoms with E-state index in [2.05, 4.69) is 22.5 Å². The average molecular weight is 424 g/mol. The van der Waals surface area contributed by atoms with E-state index in [0.717, 1.165) is 52.8 Å². The number of nitrogens with one attached hydrogen (secondary N) is 2. The lowest BCUT2D eigenvalue weighted by Crippen LogP contribution is -2.60. The summed E-state index contributed by atoms with van der Waals surface area (Å²) in [6.07, 6.45) is 3.15. The molecule has 8 nitrogen and oxygen atoms in total. The van der Waals surface area contributed by atoms with Crippen molar-refractivity contribution in [3.05, 3.63) is 22.5 Å². The maximum absolute atomic E-state index is 13.3.